The predicted molar refractivity (Wildman–Crippen MR) is 61.0 cm³/mol. The molecule has 2 aliphatic carbocycles. The second kappa shape index (κ2) is 3.44. The van der Waals surface area contributed by atoms with Gasteiger partial charge in [0.05, 0.1) is 5.69 Å². The molecule has 1 heterocycles. The number of hydrogen-bond donors (Lipinski definition) is 0. The molecule has 16 heavy (non-hydrogen) atoms. The molecule has 2 saturated carbocycles. The Hall–Kier alpha value is -1.12. The van der Waals surface area contributed by atoms with Gasteiger partial charge in [-0.1, -0.05) is 6.42 Å². The summed E-state index contributed by atoms with van der Waals surface area (Å²) >= 11 is 0. The van der Waals surface area contributed by atoms with Crippen molar-refractivity contribution in [3.05, 3.63) is 17.5 Å². The predicted octanol–water partition coefficient (Wildman–Crippen LogP) is 1.89. The van der Waals surface area contributed by atoms with Gasteiger partial charge in [0.2, 0.25) is 0 Å². The molecule has 2 atom stereocenters. The number of carbonyl (C=O) groups is 1. The van der Waals surface area contributed by atoms with Gasteiger partial charge in [-0.05, 0) is 37.7 Å². The Labute approximate surface area is 95.8 Å². The lowest BCUT2D eigenvalue weighted by Gasteiger charge is -2.03. The van der Waals surface area contributed by atoms with Crippen molar-refractivity contribution in [1.29, 1.82) is 0 Å². The molecular formula is C13H18N2O. The number of aromatic nitrogens is 2. The van der Waals surface area contributed by atoms with Crippen LogP contribution in [-0.2, 0) is 18.3 Å². The van der Waals surface area contributed by atoms with Crippen LogP contribution in [0.3, 0.4) is 0 Å². The summed E-state index contributed by atoms with van der Waals surface area (Å²) in [5.74, 6) is 2.31. The SMILES string of the molecule is Cc1cc(CC(=O)C2C3CCCC32)n(C)n1. The number of hydrogen-bond acceptors (Lipinski definition) is 2. The maximum Gasteiger partial charge on any atom is 0.142 e. The molecule has 2 unspecified atom stereocenters. The summed E-state index contributed by atoms with van der Waals surface area (Å²) in [5.41, 5.74) is 2.06. The number of ketones is 1. The Morgan fingerprint density at radius 1 is 1.50 bits per heavy atom. The average Bonchev–Trinajstić information content (AvgIpc) is 2.54. The molecule has 0 radical (unpaired) electrons. The summed E-state index contributed by atoms with van der Waals surface area (Å²) in [6, 6.07) is 2.02. The fourth-order valence-corrected chi connectivity index (χ4v) is 3.43. The molecule has 1 aromatic heterocycles. The molecule has 0 N–H and O–H groups in total. The normalized spacial score (nSPS) is 31.5. The minimum atomic E-state index is 0.393. The lowest BCUT2D eigenvalue weighted by molar-refractivity contribution is -0.120. The maximum absolute atomic E-state index is 12.1. The van der Waals surface area contributed by atoms with Gasteiger partial charge in [-0.3, -0.25) is 9.48 Å². The maximum atomic E-state index is 12.1. The largest absolute Gasteiger partial charge is 0.299 e. The van der Waals surface area contributed by atoms with Crippen LogP contribution in [0.2, 0.25) is 0 Å². The Balaban J connectivity index is 1.67. The zero-order chi connectivity index (χ0) is 11.3. The Morgan fingerprint density at radius 3 is 2.75 bits per heavy atom. The quantitative estimate of drug-likeness (QED) is 0.776. The highest BCUT2D eigenvalue weighted by Crippen LogP contribution is 2.58. The molecule has 0 saturated heterocycles. The van der Waals surface area contributed by atoms with Crippen LogP contribution in [0, 0.1) is 24.7 Å². The van der Waals surface area contributed by atoms with Crippen molar-refractivity contribution >= 4 is 5.78 Å². The van der Waals surface area contributed by atoms with Crippen LogP contribution in [0.4, 0.5) is 0 Å². The Bertz CT molecular complexity index is 425. The lowest BCUT2D eigenvalue weighted by atomic mass is 10.0. The van der Waals surface area contributed by atoms with E-state index < -0.39 is 0 Å². The van der Waals surface area contributed by atoms with Crippen LogP contribution in [-0.4, -0.2) is 15.6 Å². The van der Waals surface area contributed by atoms with E-state index in [1.54, 1.807) is 0 Å². The van der Waals surface area contributed by atoms with Gasteiger partial charge < -0.3 is 0 Å². The van der Waals surface area contributed by atoms with Gasteiger partial charge >= 0.3 is 0 Å². The monoisotopic (exact) mass is 218 g/mol. The van der Waals surface area contributed by atoms with Crippen molar-refractivity contribution in [2.45, 2.75) is 32.6 Å². The van der Waals surface area contributed by atoms with Crippen molar-refractivity contribution in [1.82, 2.24) is 9.78 Å². The van der Waals surface area contributed by atoms with Crippen molar-refractivity contribution in [3.8, 4) is 0 Å². The zero-order valence-electron chi connectivity index (χ0n) is 9.94. The van der Waals surface area contributed by atoms with Crippen LogP contribution < -0.4 is 0 Å². The highest BCUT2D eigenvalue weighted by Gasteiger charge is 2.55. The van der Waals surface area contributed by atoms with Gasteiger partial charge in [0.25, 0.3) is 0 Å². The van der Waals surface area contributed by atoms with Gasteiger partial charge in [0, 0.05) is 25.1 Å². The molecule has 0 amide bonds. The molecule has 0 spiro atoms. The smallest absolute Gasteiger partial charge is 0.142 e. The molecule has 1 aromatic rings. The van der Waals surface area contributed by atoms with E-state index in [0.29, 0.717) is 18.1 Å². The van der Waals surface area contributed by atoms with E-state index in [4.69, 9.17) is 0 Å². The number of fused-ring (bicyclic) bond motifs is 1. The molecule has 0 aliphatic heterocycles. The summed E-state index contributed by atoms with van der Waals surface area (Å²) in [5, 5.41) is 4.28. The number of aryl methyl sites for hydroxylation is 2. The highest BCUT2D eigenvalue weighted by molar-refractivity contribution is 5.86. The van der Waals surface area contributed by atoms with E-state index >= 15 is 0 Å². The van der Waals surface area contributed by atoms with Crippen molar-refractivity contribution in [2.24, 2.45) is 24.8 Å². The minimum Gasteiger partial charge on any atom is -0.299 e. The van der Waals surface area contributed by atoms with E-state index in [-0.39, 0.29) is 0 Å². The van der Waals surface area contributed by atoms with Crippen LogP contribution in [0.15, 0.2) is 6.07 Å². The number of rotatable bonds is 3. The molecular weight excluding hydrogens is 200 g/mol. The second-order valence-corrected chi connectivity index (χ2v) is 5.33. The highest BCUT2D eigenvalue weighted by atomic mass is 16.1. The molecule has 3 nitrogen and oxygen atoms in total. The molecule has 2 aliphatic rings. The molecule has 3 heteroatoms. The summed E-state index contributed by atoms with van der Waals surface area (Å²) < 4.78 is 1.84. The van der Waals surface area contributed by atoms with E-state index in [1.165, 1.54) is 19.3 Å². The third-order valence-corrected chi connectivity index (χ3v) is 4.23. The van der Waals surface area contributed by atoms with E-state index in [1.807, 2.05) is 24.7 Å². The summed E-state index contributed by atoms with van der Waals surface area (Å²) in [6.45, 7) is 1.97. The fraction of sp³-hybridized carbons (Fsp3) is 0.692. The topological polar surface area (TPSA) is 34.9 Å². The number of Topliss-reactive ketones (excluding diaryl/α,β-unsaturated/α-hetero) is 1. The summed E-state index contributed by atoms with van der Waals surface area (Å²) in [6.07, 6.45) is 4.48. The first-order valence-corrected chi connectivity index (χ1v) is 6.19. The first-order valence-electron chi connectivity index (χ1n) is 6.19. The molecule has 3 rings (SSSR count). The second-order valence-electron chi connectivity index (χ2n) is 5.33. The first kappa shape index (κ1) is 10.1. The van der Waals surface area contributed by atoms with Crippen LogP contribution >= 0.6 is 0 Å². The molecule has 0 bridgehead atoms. The van der Waals surface area contributed by atoms with E-state index in [0.717, 1.165) is 23.2 Å². The number of nitrogens with zero attached hydrogens (tertiary/aromatic N) is 2. The van der Waals surface area contributed by atoms with Crippen LogP contribution in [0.1, 0.15) is 30.7 Å². The van der Waals surface area contributed by atoms with Gasteiger partial charge in [-0.15, -0.1) is 0 Å². The van der Waals surface area contributed by atoms with Gasteiger partial charge in [-0.2, -0.15) is 5.10 Å². The third kappa shape index (κ3) is 1.49. The Kier molecular flexibility index (Phi) is 2.16. The lowest BCUT2D eigenvalue weighted by Crippen LogP contribution is -2.11. The van der Waals surface area contributed by atoms with E-state index in [9.17, 15) is 4.79 Å². The Morgan fingerprint density at radius 2 is 2.19 bits per heavy atom. The molecule has 0 aromatic carbocycles. The molecule has 2 fully saturated rings. The standard InChI is InChI=1S/C13H18N2O/c1-8-6-9(15(2)14-8)7-12(16)13-10-4-3-5-11(10)13/h6,10-11,13H,3-5,7H2,1-2H3. The average molecular weight is 218 g/mol. The van der Waals surface area contributed by atoms with Crippen molar-refractivity contribution in [3.63, 3.8) is 0 Å². The van der Waals surface area contributed by atoms with Crippen molar-refractivity contribution in [2.75, 3.05) is 0 Å². The van der Waals surface area contributed by atoms with Gasteiger partial charge in [0.1, 0.15) is 5.78 Å². The van der Waals surface area contributed by atoms with Gasteiger partial charge in [-0.25, -0.2) is 0 Å². The van der Waals surface area contributed by atoms with Crippen LogP contribution in [0.25, 0.3) is 0 Å². The number of carbonyl (C=O) groups excluding carboxylic acids is 1. The zero-order valence-corrected chi connectivity index (χ0v) is 9.94. The molecule has 86 valence electrons. The van der Waals surface area contributed by atoms with Crippen LogP contribution in [0.5, 0.6) is 0 Å². The fourth-order valence-electron chi connectivity index (χ4n) is 3.43. The van der Waals surface area contributed by atoms with Gasteiger partial charge in [0.15, 0.2) is 0 Å². The minimum absolute atomic E-state index is 0.393. The van der Waals surface area contributed by atoms with Crippen molar-refractivity contribution < 1.29 is 4.79 Å². The summed E-state index contributed by atoms with van der Waals surface area (Å²) in [7, 11) is 1.92. The van der Waals surface area contributed by atoms with E-state index in [2.05, 4.69) is 5.10 Å². The summed E-state index contributed by atoms with van der Waals surface area (Å²) in [4.78, 5) is 12.1. The first-order chi connectivity index (χ1) is 7.66. The third-order valence-electron chi connectivity index (χ3n) is 4.23.